The predicted molar refractivity (Wildman–Crippen MR) is 111 cm³/mol. The maximum absolute atomic E-state index is 11.5. The number of nitrogens with two attached hydrogens (primary N) is 1. The lowest BCUT2D eigenvalue weighted by molar-refractivity contribution is 0.346. The van der Waals surface area contributed by atoms with Crippen LogP contribution in [0.1, 0.15) is 32.6 Å². The van der Waals surface area contributed by atoms with Crippen molar-refractivity contribution in [2.45, 2.75) is 32.6 Å². The van der Waals surface area contributed by atoms with Crippen molar-refractivity contribution < 1.29 is 8.42 Å². The van der Waals surface area contributed by atoms with Crippen molar-refractivity contribution in [3.63, 3.8) is 0 Å². The van der Waals surface area contributed by atoms with Gasteiger partial charge in [-0.1, -0.05) is 13.3 Å². The van der Waals surface area contributed by atoms with Gasteiger partial charge in [0.2, 0.25) is 10.0 Å². The van der Waals surface area contributed by atoms with E-state index in [1.54, 1.807) is 22.9 Å². The van der Waals surface area contributed by atoms with Crippen LogP contribution in [-0.4, -0.2) is 51.5 Å². The Hall–Kier alpha value is -2.52. The third-order valence-corrected chi connectivity index (χ3v) is 6.62. The molecule has 8 nitrogen and oxygen atoms in total. The van der Waals surface area contributed by atoms with Gasteiger partial charge in [0.05, 0.1) is 17.6 Å². The molecule has 0 aliphatic carbocycles. The molecule has 9 heteroatoms. The molecule has 3 N–H and O–H groups in total. The molecule has 1 aliphatic heterocycles. The summed E-state index contributed by atoms with van der Waals surface area (Å²) in [5, 5.41) is 0. The molecule has 0 unspecified atom stereocenters. The number of anilines is 1. The molecule has 4 heterocycles. The van der Waals surface area contributed by atoms with Crippen LogP contribution >= 0.6 is 0 Å². The molecule has 3 aromatic heterocycles. The number of rotatable bonds is 4. The van der Waals surface area contributed by atoms with Gasteiger partial charge in [0.25, 0.3) is 0 Å². The minimum Gasteiger partial charge on any atom is -0.383 e. The maximum Gasteiger partial charge on any atom is 0.214 e. The highest BCUT2D eigenvalue weighted by molar-refractivity contribution is 7.89. The average Bonchev–Trinajstić information content (AvgIpc) is 3.17. The molecule has 0 amide bonds. The van der Waals surface area contributed by atoms with Crippen LogP contribution in [0.3, 0.4) is 0 Å². The third kappa shape index (κ3) is 4.85. The van der Waals surface area contributed by atoms with Crippen molar-refractivity contribution >= 4 is 27.0 Å². The second-order valence-electron chi connectivity index (χ2n) is 6.68. The fourth-order valence-electron chi connectivity index (χ4n) is 3.12. The summed E-state index contributed by atoms with van der Waals surface area (Å²) >= 11 is 0. The molecule has 28 heavy (non-hydrogen) atoms. The van der Waals surface area contributed by atoms with E-state index in [1.807, 2.05) is 25.1 Å². The molecule has 0 radical (unpaired) electrons. The first-order chi connectivity index (χ1) is 13.5. The minimum absolute atomic E-state index is 0.312. The van der Waals surface area contributed by atoms with E-state index in [0.717, 1.165) is 54.8 Å². The summed E-state index contributed by atoms with van der Waals surface area (Å²) < 4.78 is 24.7. The normalized spacial score (nSPS) is 15.2. The predicted octanol–water partition coefficient (Wildman–Crippen LogP) is 2.81. The monoisotopic (exact) mass is 402 g/mol. The summed E-state index contributed by atoms with van der Waals surface area (Å²) in [4.78, 5) is 15.7. The molecule has 3 aromatic rings. The summed E-state index contributed by atoms with van der Waals surface area (Å²) in [5.74, 6) is 0.773. The third-order valence-electron chi connectivity index (χ3n) is 4.55. The van der Waals surface area contributed by atoms with Gasteiger partial charge in [-0.3, -0.25) is 4.98 Å². The Morgan fingerprint density at radius 2 is 1.96 bits per heavy atom. The van der Waals surface area contributed by atoms with E-state index >= 15 is 0 Å². The Labute approximate surface area is 165 Å². The summed E-state index contributed by atoms with van der Waals surface area (Å²) in [7, 11) is -2.90. The molecular weight excluding hydrogens is 376 g/mol. The SMILES string of the molecule is CCCS(=O)(=O)N1CCCCC1.Nc1ncccc1-c1cnc2cc[nH]c2n1. The first-order valence-electron chi connectivity index (χ1n) is 9.50. The number of H-pyrrole nitrogens is 1. The van der Waals surface area contributed by atoms with Crippen LogP contribution in [0, 0.1) is 0 Å². The lowest BCUT2D eigenvalue weighted by atomic mass is 10.2. The lowest BCUT2D eigenvalue weighted by Crippen LogP contribution is -2.37. The number of sulfonamides is 1. The molecule has 1 fully saturated rings. The van der Waals surface area contributed by atoms with Crippen LogP contribution in [0.5, 0.6) is 0 Å². The Balaban J connectivity index is 0.000000169. The average molecular weight is 403 g/mol. The van der Waals surface area contributed by atoms with Gasteiger partial charge in [-0.05, 0) is 37.5 Å². The second kappa shape index (κ2) is 9.11. The molecule has 0 saturated carbocycles. The summed E-state index contributed by atoms with van der Waals surface area (Å²) in [6, 6.07) is 5.58. The number of piperidine rings is 1. The highest BCUT2D eigenvalue weighted by atomic mass is 32.2. The quantitative estimate of drug-likeness (QED) is 0.693. The number of pyridine rings is 1. The van der Waals surface area contributed by atoms with Crippen molar-refractivity contribution in [2.75, 3.05) is 24.6 Å². The van der Waals surface area contributed by atoms with E-state index in [1.165, 1.54) is 6.42 Å². The summed E-state index contributed by atoms with van der Waals surface area (Å²) in [6.45, 7) is 3.38. The Morgan fingerprint density at radius 1 is 1.18 bits per heavy atom. The Bertz CT molecular complexity index is 1010. The summed E-state index contributed by atoms with van der Waals surface area (Å²) in [5.41, 5.74) is 8.89. The lowest BCUT2D eigenvalue weighted by Gasteiger charge is -2.25. The van der Waals surface area contributed by atoms with Crippen LogP contribution in [0.15, 0.2) is 36.8 Å². The number of nitrogens with zero attached hydrogens (tertiary/aromatic N) is 4. The van der Waals surface area contributed by atoms with Crippen molar-refractivity contribution in [1.82, 2.24) is 24.2 Å². The highest BCUT2D eigenvalue weighted by Gasteiger charge is 2.22. The molecular formula is C19H26N6O2S. The number of aromatic amines is 1. The smallest absolute Gasteiger partial charge is 0.214 e. The van der Waals surface area contributed by atoms with Crippen LogP contribution < -0.4 is 5.73 Å². The van der Waals surface area contributed by atoms with E-state index in [0.29, 0.717) is 11.6 Å². The Morgan fingerprint density at radius 3 is 2.68 bits per heavy atom. The molecule has 150 valence electrons. The highest BCUT2D eigenvalue weighted by Crippen LogP contribution is 2.22. The van der Waals surface area contributed by atoms with E-state index in [4.69, 9.17) is 5.73 Å². The number of nitrogens with one attached hydrogen (secondary N) is 1. The van der Waals surface area contributed by atoms with Crippen LogP contribution in [0.25, 0.3) is 22.4 Å². The van der Waals surface area contributed by atoms with E-state index < -0.39 is 10.0 Å². The van der Waals surface area contributed by atoms with Gasteiger partial charge in [0.15, 0.2) is 5.65 Å². The van der Waals surface area contributed by atoms with Gasteiger partial charge in [-0.2, -0.15) is 0 Å². The fourth-order valence-corrected chi connectivity index (χ4v) is 4.71. The van der Waals surface area contributed by atoms with Gasteiger partial charge in [-0.15, -0.1) is 0 Å². The number of hydrogen-bond donors (Lipinski definition) is 2. The zero-order chi connectivity index (χ0) is 20.0. The molecule has 0 bridgehead atoms. The largest absolute Gasteiger partial charge is 0.383 e. The van der Waals surface area contributed by atoms with Gasteiger partial charge >= 0.3 is 0 Å². The van der Waals surface area contributed by atoms with E-state index in [9.17, 15) is 8.42 Å². The molecule has 0 aromatic carbocycles. The van der Waals surface area contributed by atoms with Gasteiger partial charge in [-0.25, -0.2) is 22.7 Å². The van der Waals surface area contributed by atoms with E-state index in [-0.39, 0.29) is 0 Å². The fraction of sp³-hybridized carbons (Fsp3) is 0.421. The molecule has 4 rings (SSSR count). The maximum atomic E-state index is 11.5. The number of nitrogen functional groups attached to an aromatic ring is 1. The number of hydrogen-bond acceptors (Lipinski definition) is 6. The topological polar surface area (TPSA) is 118 Å². The van der Waals surface area contributed by atoms with E-state index in [2.05, 4.69) is 19.9 Å². The second-order valence-corrected chi connectivity index (χ2v) is 8.77. The first kappa shape index (κ1) is 20.2. The van der Waals surface area contributed by atoms with Crippen molar-refractivity contribution in [3.05, 3.63) is 36.8 Å². The molecule has 0 atom stereocenters. The molecule has 1 saturated heterocycles. The molecule has 1 aliphatic rings. The minimum atomic E-state index is -2.90. The van der Waals surface area contributed by atoms with Crippen LogP contribution in [0.2, 0.25) is 0 Å². The zero-order valence-electron chi connectivity index (χ0n) is 16.0. The van der Waals surface area contributed by atoms with Gasteiger partial charge < -0.3 is 10.7 Å². The summed E-state index contributed by atoms with van der Waals surface area (Å²) in [6.07, 6.45) is 9.12. The van der Waals surface area contributed by atoms with Crippen molar-refractivity contribution in [2.24, 2.45) is 0 Å². The van der Waals surface area contributed by atoms with Gasteiger partial charge in [0.1, 0.15) is 11.3 Å². The standard InChI is InChI=1S/C11H9N5.C8H17NO2S/c12-10-7(2-1-4-13-10)9-6-15-8-3-5-14-11(8)16-9;1-2-8-12(10,11)9-6-4-3-5-7-9/h1-6H,(H2,12,13)(H,14,16);2-8H2,1H3. The van der Waals surface area contributed by atoms with Crippen LogP contribution in [-0.2, 0) is 10.0 Å². The number of aromatic nitrogens is 4. The van der Waals surface area contributed by atoms with Crippen molar-refractivity contribution in [3.8, 4) is 11.3 Å². The number of fused-ring (bicyclic) bond motifs is 1. The zero-order valence-corrected chi connectivity index (χ0v) is 16.8. The Kier molecular flexibility index (Phi) is 6.58. The first-order valence-corrected chi connectivity index (χ1v) is 11.1. The molecule has 0 spiro atoms. The van der Waals surface area contributed by atoms with Gasteiger partial charge in [0, 0.05) is 31.0 Å². The van der Waals surface area contributed by atoms with Crippen molar-refractivity contribution in [1.29, 1.82) is 0 Å². The van der Waals surface area contributed by atoms with Crippen LogP contribution in [0.4, 0.5) is 5.82 Å².